The van der Waals surface area contributed by atoms with Crippen molar-refractivity contribution < 1.29 is 14.7 Å². The van der Waals surface area contributed by atoms with Gasteiger partial charge >= 0.3 is 5.97 Å². The molecule has 3 unspecified atom stereocenters. The van der Waals surface area contributed by atoms with Crippen molar-refractivity contribution in [1.82, 2.24) is 5.32 Å². The Morgan fingerprint density at radius 3 is 2.47 bits per heavy atom. The number of rotatable bonds is 3. The molecule has 0 bridgehead atoms. The van der Waals surface area contributed by atoms with Crippen LogP contribution in [0.1, 0.15) is 39.5 Å². The molecule has 0 aliphatic heterocycles. The lowest BCUT2D eigenvalue weighted by molar-refractivity contribution is -0.140. The van der Waals surface area contributed by atoms with Gasteiger partial charge < -0.3 is 10.4 Å². The summed E-state index contributed by atoms with van der Waals surface area (Å²) in [5.41, 5.74) is 0. The molecule has 0 heterocycles. The van der Waals surface area contributed by atoms with Crippen LogP contribution in [0.5, 0.6) is 0 Å². The van der Waals surface area contributed by atoms with Crippen LogP contribution in [0.4, 0.5) is 0 Å². The fourth-order valence-corrected chi connectivity index (χ4v) is 2.09. The Hall–Kier alpha value is -1.06. The Morgan fingerprint density at radius 2 is 1.93 bits per heavy atom. The summed E-state index contributed by atoms with van der Waals surface area (Å²) in [7, 11) is 0. The van der Waals surface area contributed by atoms with Gasteiger partial charge in [-0.3, -0.25) is 9.59 Å². The highest BCUT2D eigenvalue weighted by atomic mass is 16.4. The van der Waals surface area contributed by atoms with Crippen molar-refractivity contribution in [2.45, 2.75) is 45.6 Å². The summed E-state index contributed by atoms with van der Waals surface area (Å²) in [6, 6.07) is 0.169. The maximum Gasteiger partial charge on any atom is 0.312 e. The van der Waals surface area contributed by atoms with Crippen LogP contribution in [0.2, 0.25) is 0 Å². The third-order valence-electron chi connectivity index (χ3n) is 3.28. The summed E-state index contributed by atoms with van der Waals surface area (Å²) in [5, 5.41) is 11.2. The van der Waals surface area contributed by atoms with E-state index in [0.29, 0.717) is 11.8 Å². The lowest BCUT2D eigenvalue weighted by Crippen LogP contribution is -2.40. The molecule has 0 radical (unpaired) electrons. The molecule has 1 amide bonds. The van der Waals surface area contributed by atoms with Gasteiger partial charge in [-0.15, -0.1) is 0 Å². The largest absolute Gasteiger partial charge is 0.481 e. The van der Waals surface area contributed by atoms with E-state index in [1.165, 1.54) is 0 Å². The van der Waals surface area contributed by atoms with E-state index in [4.69, 9.17) is 5.11 Å². The van der Waals surface area contributed by atoms with Crippen molar-refractivity contribution in [1.29, 1.82) is 0 Å². The van der Waals surface area contributed by atoms with E-state index in [-0.39, 0.29) is 11.9 Å². The second-order valence-electron chi connectivity index (χ2n) is 4.60. The molecule has 1 aliphatic rings. The Labute approximate surface area is 90.0 Å². The van der Waals surface area contributed by atoms with Crippen molar-refractivity contribution in [3.8, 4) is 0 Å². The molecule has 0 aromatic heterocycles. The van der Waals surface area contributed by atoms with Crippen molar-refractivity contribution in [2.24, 2.45) is 11.8 Å². The monoisotopic (exact) mass is 213 g/mol. The standard InChI is InChI=1S/C11H19NO3/c1-7-3-4-9(5-8(7)2)12-10(13)6-11(14)15/h7-9H,3-6H2,1-2H3,(H,12,13)(H,14,15). The first-order valence-electron chi connectivity index (χ1n) is 5.50. The van der Waals surface area contributed by atoms with Gasteiger partial charge in [0.2, 0.25) is 5.91 Å². The van der Waals surface area contributed by atoms with Crippen LogP contribution < -0.4 is 5.32 Å². The molecule has 1 rings (SSSR count). The third kappa shape index (κ3) is 3.90. The molecule has 0 spiro atoms. The van der Waals surface area contributed by atoms with Crippen LogP contribution in [0.15, 0.2) is 0 Å². The van der Waals surface area contributed by atoms with E-state index < -0.39 is 12.4 Å². The molecule has 0 saturated heterocycles. The van der Waals surface area contributed by atoms with Crippen LogP contribution in [-0.2, 0) is 9.59 Å². The number of hydrogen-bond donors (Lipinski definition) is 2. The second-order valence-corrected chi connectivity index (χ2v) is 4.60. The number of nitrogens with one attached hydrogen (secondary N) is 1. The van der Waals surface area contributed by atoms with Gasteiger partial charge in [0, 0.05) is 6.04 Å². The first-order valence-corrected chi connectivity index (χ1v) is 5.50. The highest BCUT2D eigenvalue weighted by molar-refractivity contribution is 5.93. The Balaban J connectivity index is 2.33. The molecule has 2 N–H and O–H groups in total. The van der Waals surface area contributed by atoms with Gasteiger partial charge in [-0.25, -0.2) is 0 Å². The molecule has 86 valence electrons. The molecule has 0 aromatic rings. The van der Waals surface area contributed by atoms with E-state index >= 15 is 0 Å². The fourth-order valence-electron chi connectivity index (χ4n) is 2.09. The molecule has 15 heavy (non-hydrogen) atoms. The average molecular weight is 213 g/mol. The Morgan fingerprint density at radius 1 is 1.27 bits per heavy atom. The van der Waals surface area contributed by atoms with Crippen LogP contribution in [0.25, 0.3) is 0 Å². The molecular formula is C11H19NO3. The molecular weight excluding hydrogens is 194 g/mol. The number of carboxylic acid groups (broad SMARTS) is 1. The molecule has 0 aromatic carbocycles. The molecule has 3 atom stereocenters. The normalized spacial score (nSPS) is 30.9. The number of aliphatic carboxylic acids is 1. The maximum atomic E-state index is 11.2. The zero-order chi connectivity index (χ0) is 11.4. The summed E-state index contributed by atoms with van der Waals surface area (Å²) < 4.78 is 0. The maximum absolute atomic E-state index is 11.2. The summed E-state index contributed by atoms with van der Waals surface area (Å²) in [6.07, 6.45) is 2.63. The van der Waals surface area contributed by atoms with Gasteiger partial charge in [0.25, 0.3) is 0 Å². The number of carbonyl (C=O) groups excluding carboxylic acids is 1. The van der Waals surface area contributed by atoms with Crippen molar-refractivity contribution in [3.05, 3.63) is 0 Å². The highest BCUT2D eigenvalue weighted by Crippen LogP contribution is 2.29. The van der Waals surface area contributed by atoms with Crippen LogP contribution in [-0.4, -0.2) is 23.0 Å². The van der Waals surface area contributed by atoms with E-state index in [2.05, 4.69) is 19.2 Å². The van der Waals surface area contributed by atoms with Crippen molar-refractivity contribution >= 4 is 11.9 Å². The number of carboxylic acids is 1. The highest BCUT2D eigenvalue weighted by Gasteiger charge is 2.25. The fraction of sp³-hybridized carbons (Fsp3) is 0.818. The Bertz CT molecular complexity index is 252. The molecule has 1 saturated carbocycles. The van der Waals surface area contributed by atoms with E-state index in [1.54, 1.807) is 0 Å². The van der Waals surface area contributed by atoms with Gasteiger partial charge in [0.1, 0.15) is 6.42 Å². The summed E-state index contributed by atoms with van der Waals surface area (Å²) in [4.78, 5) is 21.5. The number of hydrogen-bond acceptors (Lipinski definition) is 2. The van der Waals surface area contributed by atoms with Crippen LogP contribution >= 0.6 is 0 Å². The molecule has 1 fully saturated rings. The first-order chi connectivity index (χ1) is 6.99. The molecule has 4 nitrogen and oxygen atoms in total. The van der Waals surface area contributed by atoms with Gasteiger partial charge in [-0.1, -0.05) is 13.8 Å². The SMILES string of the molecule is CC1CCC(NC(=O)CC(=O)O)CC1C. The average Bonchev–Trinajstić information content (AvgIpc) is 2.10. The number of amides is 1. The minimum atomic E-state index is -1.07. The van der Waals surface area contributed by atoms with Crippen molar-refractivity contribution in [2.75, 3.05) is 0 Å². The van der Waals surface area contributed by atoms with E-state index in [0.717, 1.165) is 19.3 Å². The molecule has 4 heteroatoms. The number of carbonyl (C=O) groups is 2. The lowest BCUT2D eigenvalue weighted by atomic mass is 9.79. The third-order valence-corrected chi connectivity index (χ3v) is 3.28. The zero-order valence-electron chi connectivity index (χ0n) is 9.32. The summed E-state index contributed by atoms with van der Waals surface area (Å²) in [5.74, 6) is -0.120. The second kappa shape index (κ2) is 5.14. The summed E-state index contributed by atoms with van der Waals surface area (Å²) in [6.45, 7) is 4.40. The van der Waals surface area contributed by atoms with Crippen LogP contribution in [0, 0.1) is 11.8 Å². The van der Waals surface area contributed by atoms with Gasteiger partial charge in [-0.2, -0.15) is 0 Å². The predicted octanol–water partition coefficient (Wildman–Crippen LogP) is 1.40. The Kier molecular flexibility index (Phi) is 4.12. The van der Waals surface area contributed by atoms with Gasteiger partial charge in [0.15, 0.2) is 0 Å². The summed E-state index contributed by atoms with van der Waals surface area (Å²) >= 11 is 0. The predicted molar refractivity (Wildman–Crippen MR) is 56.4 cm³/mol. The topological polar surface area (TPSA) is 66.4 Å². The lowest BCUT2D eigenvalue weighted by Gasteiger charge is -2.32. The van der Waals surface area contributed by atoms with Crippen LogP contribution in [0.3, 0.4) is 0 Å². The minimum Gasteiger partial charge on any atom is -0.481 e. The molecule has 1 aliphatic carbocycles. The van der Waals surface area contributed by atoms with Gasteiger partial charge in [0.05, 0.1) is 0 Å². The smallest absolute Gasteiger partial charge is 0.312 e. The van der Waals surface area contributed by atoms with Crippen molar-refractivity contribution in [3.63, 3.8) is 0 Å². The first kappa shape index (κ1) is 12.0. The zero-order valence-corrected chi connectivity index (χ0v) is 9.32. The minimum absolute atomic E-state index is 0.169. The quantitative estimate of drug-likeness (QED) is 0.696. The van der Waals surface area contributed by atoms with E-state index in [9.17, 15) is 9.59 Å². The van der Waals surface area contributed by atoms with Gasteiger partial charge in [-0.05, 0) is 31.1 Å². The van der Waals surface area contributed by atoms with E-state index in [1.807, 2.05) is 0 Å².